The van der Waals surface area contributed by atoms with Crippen LogP contribution in [-0.2, 0) is 9.53 Å². The highest BCUT2D eigenvalue weighted by atomic mass is 16.6. The second-order valence-electron chi connectivity index (χ2n) is 8.57. The number of aliphatic hydroxyl groups is 1. The molecule has 2 atom stereocenters. The molecule has 1 aromatic heterocycles. The minimum absolute atomic E-state index is 0.155. The molecule has 0 bridgehead atoms. The Morgan fingerprint density at radius 1 is 1.31 bits per heavy atom. The van der Waals surface area contributed by atoms with Gasteiger partial charge in [0.1, 0.15) is 17.9 Å². The summed E-state index contributed by atoms with van der Waals surface area (Å²) < 4.78 is 10.3. The molecular formula is C18H29N3O5. The summed E-state index contributed by atoms with van der Waals surface area (Å²) in [5.41, 5.74) is -1.26. The lowest BCUT2D eigenvalue weighted by atomic mass is 9.96. The number of ether oxygens (including phenoxy) is 1. The first-order valence-corrected chi connectivity index (χ1v) is 8.82. The molecule has 0 aliphatic carbocycles. The van der Waals surface area contributed by atoms with Crippen LogP contribution in [0.25, 0.3) is 0 Å². The highest BCUT2D eigenvalue weighted by Gasteiger charge is 2.43. The van der Waals surface area contributed by atoms with Gasteiger partial charge < -0.3 is 14.4 Å². The van der Waals surface area contributed by atoms with Gasteiger partial charge in [0.25, 0.3) is 5.91 Å². The Labute approximate surface area is 154 Å². The zero-order chi connectivity index (χ0) is 19.7. The molecule has 8 heteroatoms. The van der Waals surface area contributed by atoms with Crippen molar-refractivity contribution in [1.82, 2.24) is 10.1 Å². The van der Waals surface area contributed by atoms with Crippen LogP contribution < -0.4 is 4.90 Å². The molecular weight excluding hydrogens is 338 g/mol. The molecule has 0 spiro atoms. The first-order valence-electron chi connectivity index (χ1n) is 8.82. The number of aliphatic hydroxyl groups excluding tert-OH is 1. The second kappa shape index (κ2) is 7.26. The van der Waals surface area contributed by atoms with Crippen LogP contribution in [0.5, 0.6) is 0 Å². The van der Waals surface area contributed by atoms with E-state index in [4.69, 9.17) is 9.26 Å². The van der Waals surface area contributed by atoms with Crippen molar-refractivity contribution in [3.8, 4) is 0 Å². The maximum Gasteiger partial charge on any atom is 0.410 e. The van der Waals surface area contributed by atoms with E-state index in [0.717, 1.165) is 0 Å². The SMILES string of the molecule is CC(C)(C)OC(=O)N1CCC(O)CC1C(=O)N(c1ccon1)C(C)(C)C. The van der Waals surface area contributed by atoms with E-state index in [-0.39, 0.29) is 18.9 Å². The third kappa shape index (κ3) is 4.75. The van der Waals surface area contributed by atoms with E-state index in [1.807, 2.05) is 20.8 Å². The van der Waals surface area contributed by atoms with Crippen LogP contribution in [0, 0.1) is 0 Å². The van der Waals surface area contributed by atoms with Gasteiger partial charge in [0.05, 0.1) is 6.10 Å². The zero-order valence-electron chi connectivity index (χ0n) is 16.4. The number of anilines is 1. The van der Waals surface area contributed by atoms with Gasteiger partial charge in [0.2, 0.25) is 0 Å². The minimum atomic E-state index is -0.829. The molecule has 8 nitrogen and oxygen atoms in total. The number of piperidine rings is 1. The average Bonchev–Trinajstić information content (AvgIpc) is 2.97. The smallest absolute Gasteiger partial charge is 0.410 e. The normalized spacial score (nSPS) is 21.4. The molecule has 1 fully saturated rings. The van der Waals surface area contributed by atoms with E-state index in [2.05, 4.69) is 5.16 Å². The Morgan fingerprint density at radius 3 is 2.46 bits per heavy atom. The molecule has 26 heavy (non-hydrogen) atoms. The van der Waals surface area contributed by atoms with Crippen molar-refractivity contribution in [2.75, 3.05) is 11.4 Å². The maximum atomic E-state index is 13.4. The largest absolute Gasteiger partial charge is 0.444 e. The van der Waals surface area contributed by atoms with Gasteiger partial charge in [-0.05, 0) is 48.0 Å². The van der Waals surface area contributed by atoms with Gasteiger partial charge >= 0.3 is 6.09 Å². The summed E-state index contributed by atoms with van der Waals surface area (Å²) in [4.78, 5) is 28.9. The van der Waals surface area contributed by atoms with E-state index in [9.17, 15) is 14.7 Å². The molecule has 1 aromatic rings. The number of likely N-dealkylation sites (tertiary alicyclic amines) is 1. The summed E-state index contributed by atoms with van der Waals surface area (Å²) in [6.07, 6.45) is 0.742. The van der Waals surface area contributed by atoms with Crippen molar-refractivity contribution in [3.63, 3.8) is 0 Å². The standard InChI is InChI=1S/C18H29N3O5/c1-17(2,3)21(14-8-10-25-19-14)15(23)13-11-12(22)7-9-20(13)16(24)26-18(4,5)6/h8,10,12-13,22H,7,9,11H2,1-6H3. The lowest BCUT2D eigenvalue weighted by molar-refractivity contribution is -0.127. The highest BCUT2D eigenvalue weighted by molar-refractivity contribution is 5.99. The van der Waals surface area contributed by atoms with Gasteiger partial charge in [0.15, 0.2) is 5.82 Å². The highest BCUT2D eigenvalue weighted by Crippen LogP contribution is 2.28. The van der Waals surface area contributed by atoms with Gasteiger partial charge in [0, 0.05) is 24.6 Å². The van der Waals surface area contributed by atoms with Crippen LogP contribution in [-0.4, -0.2) is 57.0 Å². The Morgan fingerprint density at radius 2 is 1.96 bits per heavy atom. The monoisotopic (exact) mass is 367 g/mol. The van der Waals surface area contributed by atoms with Crippen molar-refractivity contribution in [2.24, 2.45) is 0 Å². The van der Waals surface area contributed by atoms with Crippen LogP contribution in [0.3, 0.4) is 0 Å². The molecule has 2 amide bonds. The van der Waals surface area contributed by atoms with Gasteiger partial charge in [-0.3, -0.25) is 14.6 Å². The summed E-state index contributed by atoms with van der Waals surface area (Å²) in [6.45, 7) is 11.2. The van der Waals surface area contributed by atoms with Crippen LogP contribution in [0.15, 0.2) is 16.9 Å². The van der Waals surface area contributed by atoms with Gasteiger partial charge in [-0.1, -0.05) is 5.16 Å². The summed E-state index contributed by atoms with van der Waals surface area (Å²) >= 11 is 0. The van der Waals surface area contributed by atoms with Gasteiger partial charge in [-0.2, -0.15) is 0 Å². The molecule has 2 unspecified atom stereocenters. The molecule has 0 saturated carbocycles. The summed E-state index contributed by atoms with van der Waals surface area (Å²) in [7, 11) is 0. The van der Waals surface area contributed by atoms with Crippen molar-refractivity contribution in [1.29, 1.82) is 0 Å². The number of carbonyl (C=O) groups excluding carboxylic acids is 2. The number of amides is 2. The van der Waals surface area contributed by atoms with Crippen molar-refractivity contribution < 1.29 is 24.0 Å². The fourth-order valence-electron chi connectivity index (χ4n) is 2.98. The Kier molecular flexibility index (Phi) is 5.65. The lowest BCUT2D eigenvalue weighted by Gasteiger charge is -2.42. The van der Waals surface area contributed by atoms with Crippen molar-refractivity contribution >= 4 is 17.8 Å². The molecule has 1 aliphatic heterocycles. The molecule has 2 rings (SSSR count). The summed E-state index contributed by atoms with van der Waals surface area (Å²) in [5.74, 6) is 0.0442. The number of carbonyl (C=O) groups is 2. The Bertz CT molecular complexity index is 630. The summed E-state index contributed by atoms with van der Waals surface area (Å²) in [5, 5.41) is 14.0. The number of hydrogen-bond donors (Lipinski definition) is 1. The molecule has 1 saturated heterocycles. The van der Waals surface area contributed by atoms with Gasteiger partial charge in [-0.15, -0.1) is 0 Å². The first kappa shape index (κ1) is 20.2. The predicted octanol–water partition coefficient (Wildman–Crippen LogP) is 2.57. The topological polar surface area (TPSA) is 96.1 Å². The fraction of sp³-hybridized carbons (Fsp3) is 0.722. The Hall–Kier alpha value is -2.09. The quantitative estimate of drug-likeness (QED) is 0.863. The third-order valence-corrected chi connectivity index (χ3v) is 4.03. The minimum Gasteiger partial charge on any atom is -0.444 e. The number of nitrogens with zero attached hydrogens (tertiary/aromatic N) is 3. The van der Waals surface area contributed by atoms with E-state index >= 15 is 0 Å². The number of aromatic nitrogens is 1. The van der Waals surface area contributed by atoms with Crippen LogP contribution in [0.2, 0.25) is 0 Å². The molecule has 0 radical (unpaired) electrons. The molecule has 2 heterocycles. The molecule has 1 N–H and O–H groups in total. The number of hydrogen-bond acceptors (Lipinski definition) is 6. The lowest BCUT2D eigenvalue weighted by Crippen LogP contribution is -2.59. The Balaban J connectivity index is 2.33. The van der Waals surface area contributed by atoms with Crippen LogP contribution in [0.4, 0.5) is 10.6 Å². The maximum absolute atomic E-state index is 13.4. The first-order chi connectivity index (χ1) is 11.9. The van der Waals surface area contributed by atoms with E-state index in [1.165, 1.54) is 16.1 Å². The summed E-state index contributed by atoms with van der Waals surface area (Å²) in [6, 6.07) is 0.768. The van der Waals surface area contributed by atoms with E-state index in [0.29, 0.717) is 12.2 Å². The van der Waals surface area contributed by atoms with Gasteiger partial charge in [-0.25, -0.2) is 4.79 Å². The average molecular weight is 367 g/mol. The second-order valence-corrected chi connectivity index (χ2v) is 8.57. The number of rotatable bonds is 2. The van der Waals surface area contributed by atoms with E-state index in [1.54, 1.807) is 26.8 Å². The van der Waals surface area contributed by atoms with Crippen LogP contribution in [0.1, 0.15) is 54.4 Å². The third-order valence-electron chi connectivity index (χ3n) is 4.03. The van der Waals surface area contributed by atoms with Crippen molar-refractivity contribution in [3.05, 3.63) is 12.3 Å². The van der Waals surface area contributed by atoms with Crippen LogP contribution >= 0.6 is 0 Å². The molecule has 1 aliphatic rings. The van der Waals surface area contributed by atoms with E-state index < -0.39 is 29.4 Å². The van der Waals surface area contributed by atoms with Crippen molar-refractivity contribution in [2.45, 2.75) is 77.7 Å². The fourth-order valence-corrected chi connectivity index (χ4v) is 2.98. The molecule has 0 aromatic carbocycles. The molecule has 146 valence electrons. The zero-order valence-corrected chi connectivity index (χ0v) is 16.4. The predicted molar refractivity (Wildman–Crippen MR) is 95.7 cm³/mol.